The summed E-state index contributed by atoms with van der Waals surface area (Å²) in [7, 11) is 0. The number of H-pyrrole nitrogens is 1. The molecule has 0 aliphatic heterocycles. The molecular weight excluding hydrogens is 300 g/mol. The maximum atomic E-state index is 11.8. The highest BCUT2D eigenvalue weighted by Gasteiger charge is 2.21. The number of nitrogen functional groups attached to an aromatic ring is 1. The van der Waals surface area contributed by atoms with Gasteiger partial charge in [-0.05, 0) is 35.0 Å². The molecule has 0 radical (unpaired) electrons. The molecule has 3 N–H and O–H groups in total. The molecule has 0 saturated carbocycles. The average molecular weight is 311 g/mol. The minimum absolute atomic E-state index is 0.102. The smallest absolute Gasteiger partial charge is 0.344 e. The van der Waals surface area contributed by atoms with Crippen LogP contribution in [0.15, 0.2) is 22.8 Å². The van der Waals surface area contributed by atoms with Crippen molar-refractivity contribution in [2.45, 2.75) is 6.92 Å². The molecule has 94 valence electrons. The summed E-state index contributed by atoms with van der Waals surface area (Å²) in [5.41, 5.74) is 6.89. The highest BCUT2D eigenvalue weighted by molar-refractivity contribution is 9.10. The molecule has 0 spiro atoms. The number of rotatable bonds is 3. The fraction of sp³-hybridized carbons (Fsp3) is 0.182. The minimum atomic E-state index is -0.513. The van der Waals surface area contributed by atoms with Gasteiger partial charge in [-0.25, -0.2) is 9.78 Å². The van der Waals surface area contributed by atoms with Crippen LogP contribution < -0.4 is 5.73 Å². The molecule has 0 unspecified atom stereocenters. The van der Waals surface area contributed by atoms with Gasteiger partial charge in [0.15, 0.2) is 5.82 Å². The number of aromatic amines is 1. The van der Waals surface area contributed by atoms with Crippen molar-refractivity contribution in [1.82, 2.24) is 15.2 Å². The zero-order valence-corrected chi connectivity index (χ0v) is 11.2. The first-order chi connectivity index (χ1) is 8.63. The Bertz CT molecular complexity index is 582. The third kappa shape index (κ3) is 2.35. The lowest BCUT2D eigenvalue weighted by Crippen LogP contribution is -2.08. The molecule has 0 atom stereocenters. The van der Waals surface area contributed by atoms with Crippen LogP contribution in [0, 0.1) is 0 Å². The molecule has 0 bridgehead atoms. The van der Waals surface area contributed by atoms with Gasteiger partial charge in [0, 0.05) is 0 Å². The van der Waals surface area contributed by atoms with Gasteiger partial charge in [0.1, 0.15) is 15.9 Å². The number of hydrogen-bond acceptors (Lipinski definition) is 5. The fourth-order valence-electron chi connectivity index (χ4n) is 1.50. The molecule has 0 aromatic carbocycles. The summed E-state index contributed by atoms with van der Waals surface area (Å²) in [4.78, 5) is 16.0. The van der Waals surface area contributed by atoms with Crippen LogP contribution >= 0.6 is 15.9 Å². The average Bonchev–Trinajstić information content (AvgIpc) is 2.71. The minimum Gasteiger partial charge on any atom is -0.462 e. The quantitative estimate of drug-likeness (QED) is 0.668. The van der Waals surface area contributed by atoms with Crippen LogP contribution in [0.3, 0.4) is 0 Å². The van der Waals surface area contributed by atoms with Gasteiger partial charge in [-0.3, -0.25) is 5.10 Å². The zero-order chi connectivity index (χ0) is 13.1. The topological polar surface area (TPSA) is 93.9 Å². The first kappa shape index (κ1) is 12.6. The van der Waals surface area contributed by atoms with E-state index in [-0.39, 0.29) is 18.0 Å². The first-order valence-corrected chi connectivity index (χ1v) is 6.06. The largest absolute Gasteiger partial charge is 0.462 e. The summed E-state index contributed by atoms with van der Waals surface area (Å²) < 4.78 is 5.60. The lowest BCUT2D eigenvalue weighted by molar-refractivity contribution is 0.0528. The van der Waals surface area contributed by atoms with E-state index >= 15 is 0 Å². The van der Waals surface area contributed by atoms with Crippen LogP contribution in [0.4, 0.5) is 5.82 Å². The normalized spacial score (nSPS) is 10.3. The molecule has 7 heteroatoms. The molecule has 0 aliphatic rings. The van der Waals surface area contributed by atoms with Gasteiger partial charge in [-0.2, -0.15) is 5.10 Å². The van der Waals surface area contributed by atoms with Crippen LogP contribution in [0.5, 0.6) is 0 Å². The van der Waals surface area contributed by atoms with E-state index in [1.54, 1.807) is 25.1 Å². The summed E-state index contributed by atoms with van der Waals surface area (Å²) in [6, 6.07) is 5.34. The number of nitrogens with one attached hydrogen (secondary N) is 1. The van der Waals surface area contributed by atoms with Crippen molar-refractivity contribution in [1.29, 1.82) is 0 Å². The van der Waals surface area contributed by atoms with Crippen molar-refractivity contribution in [3.8, 4) is 11.4 Å². The summed E-state index contributed by atoms with van der Waals surface area (Å²) >= 11 is 3.27. The van der Waals surface area contributed by atoms with E-state index in [4.69, 9.17) is 10.5 Å². The molecule has 2 aromatic heterocycles. The summed E-state index contributed by atoms with van der Waals surface area (Å²) in [6.45, 7) is 2.00. The number of ether oxygens (including phenoxy) is 1. The standard InChI is InChI=1S/C11H11BrN4O2/c1-2-18-11(17)8-9(15-16-10(8)13)6-4-3-5-7(12)14-6/h3-5H,2H2,1H3,(H3,13,15,16). The summed E-state index contributed by atoms with van der Waals surface area (Å²) in [5.74, 6) is -0.411. The van der Waals surface area contributed by atoms with Gasteiger partial charge in [0.05, 0.1) is 12.3 Å². The molecule has 0 fully saturated rings. The monoisotopic (exact) mass is 310 g/mol. The number of nitrogens with two attached hydrogens (primary N) is 1. The summed E-state index contributed by atoms with van der Waals surface area (Å²) in [6.07, 6.45) is 0. The molecule has 2 heterocycles. The van der Waals surface area contributed by atoms with Gasteiger partial charge in [-0.1, -0.05) is 6.07 Å². The fourth-order valence-corrected chi connectivity index (χ4v) is 1.84. The number of pyridine rings is 1. The second kappa shape index (κ2) is 5.18. The number of esters is 1. The number of carbonyl (C=O) groups is 1. The van der Waals surface area contributed by atoms with Crippen molar-refractivity contribution >= 4 is 27.7 Å². The van der Waals surface area contributed by atoms with Gasteiger partial charge in [0.2, 0.25) is 0 Å². The van der Waals surface area contributed by atoms with Crippen LogP contribution in [0.1, 0.15) is 17.3 Å². The lowest BCUT2D eigenvalue weighted by atomic mass is 10.1. The second-order valence-electron chi connectivity index (χ2n) is 3.42. The van der Waals surface area contributed by atoms with E-state index in [1.165, 1.54) is 0 Å². The predicted octanol–water partition coefficient (Wildman–Crippen LogP) is 1.99. The van der Waals surface area contributed by atoms with Crippen molar-refractivity contribution in [2.24, 2.45) is 0 Å². The Kier molecular flexibility index (Phi) is 3.61. The molecule has 0 amide bonds. The number of carbonyl (C=O) groups excluding carboxylic acids is 1. The van der Waals surface area contributed by atoms with E-state index in [0.717, 1.165) is 0 Å². The Labute approximate surface area is 112 Å². The Balaban J connectivity index is 2.49. The van der Waals surface area contributed by atoms with E-state index < -0.39 is 5.97 Å². The molecule has 2 aromatic rings. The highest BCUT2D eigenvalue weighted by atomic mass is 79.9. The van der Waals surface area contributed by atoms with Crippen molar-refractivity contribution < 1.29 is 9.53 Å². The van der Waals surface area contributed by atoms with E-state index in [9.17, 15) is 4.79 Å². The third-order valence-corrected chi connectivity index (χ3v) is 2.69. The molecular formula is C11H11BrN4O2. The van der Waals surface area contributed by atoms with Crippen LogP contribution in [0.2, 0.25) is 0 Å². The number of anilines is 1. The Morgan fingerprint density at radius 3 is 3.00 bits per heavy atom. The number of halogens is 1. The first-order valence-electron chi connectivity index (χ1n) is 5.27. The number of nitrogens with zero attached hydrogens (tertiary/aromatic N) is 2. The van der Waals surface area contributed by atoms with Crippen molar-refractivity contribution in [2.75, 3.05) is 12.3 Å². The highest BCUT2D eigenvalue weighted by Crippen LogP contribution is 2.25. The molecule has 6 nitrogen and oxygen atoms in total. The predicted molar refractivity (Wildman–Crippen MR) is 69.9 cm³/mol. The van der Waals surface area contributed by atoms with E-state index in [2.05, 4.69) is 31.1 Å². The van der Waals surface area contributed by atoms with Crippen LogP contribution in [0.25, 0.3) is 11.4 Å². The third-order valence-electron chi connectivity index (χ3n) is 2.25. The van der Waals surface area contributed by atoms with E-state index in [0.29, 0.717) is 16.0 Å². The maximum absolute atomic E-state index is 11.8. The van der Waals surface area contributed by atoms with Gasteiger partial charge >= 0.3 is 5.97 Å². The molecule has 18 heavy (non-hydrogen) atoms. The second-order valence-corrected chi connectivity index (χ2v) is 4.24. The lowest BCUT2D eigenvalue weighted by Gasteiger charge is -2.03. The van der Waals surface area contributed by atoms with Crippen molar-refractivity contribution in [3.05, 3.63) is 28.4 Å². The number of aromatic nitrogens is 3. The zero-order valence-electron chi connectivity index (χ0n) is 9.61. The van der Waals surface area contributed by atoms with E-state index in [1.807, 2.05) is 0 Å². The van der Waals surface area contributed by atoms with Crippen molar-refractivity contribution in [3.63, 3.8) is 0 Å². The summed E-state index contributed by atoms with van der Waals surface area (Å²) in [5, 5.41) is 6.52. The number of hydrogen-bond donors (Lipinski definition) is 2. The van der Waals surface area contributed by atoms with Crippen LogP contribution in [-0.2, 0) is 4.74 Å². The Morgan fingerprint density at radius 2 is 2.33 bits per heavy atom. The molecule has 0 aliphatic carbocycles. The van der Waals surface area contributed by atoms with Gasteiger partial charge in [-0.15, -0.1) is 0 Å². The molecule has 2 rings (SSSR count). The maximum Gasteiger partial charge on any atom is 0.344 e. The van der Waals surface area contributed by atoms with Crippen LogP contribution in [-0.4, -0.2) is 27.8 Å². The molecule has 0 saturated heterocycles. The van der Waals surface area contributed by atoms with Gasteiger partial charge in [0.25, 0.3) is 0 Å². The Hall–Kier alpha value is -1.89. The SMILES string of the molecule is CCOC(=O)c1c(N)n[nH]c1-c1cccc(Br)n1. The van der Waals surface area contributed by atoms with Gasteiger partial charge < -0.3 is 10.5 Å². The Morgan fingerprint density at radius 1 is 1.56 bits per heavy atom.